The first-order valence-corrected chi connectivity index (χ1v) is 9.14. The molecule has 0 saturated carbocycles. The highest BCUT2D eigenvalue weighted by Crippen LogP contribution is 2.03. The Bertz CT molecular complexity index is 666. The number of aliphatic carboxylic acids is 3. The molecule has 13 heteroatoms. The van der Waals surface area contributed by atoms with Crippen LogP contribution in [0.2, 0.25) is 0 Å². The number of nitrogens with one attached hydrogen (secondary N) is 3. The van der Waals surface area contributed by atoms with E-state index < -0.39 is 72.6 Å². The highest BCUT2D eigenvalue weighted by molar-refractivity contribution is 5.93. The maximum Gasteiger partial charge on any atom is 0.326 e. The zero-order valence-electron chi connectivity index (χ0n) is 16.7. The van der Waals surface area contributed by atoms with Crippen molar-refractivity contribution in [1.82, 2.24) is 16.0 Å². The minimum absolute atomic E-state index is 0.192. The molecular weight excluding hydrogens is 404 g/mol. The minimum atomic E-state index is -1.34. The second-order valence-electron chi connectivity index (χ2n) is 6.88. The lowest BCUT2D eigenvalue weighted by atomic mass is 10.0. The Labute approximate surface area is 172 Å². The van der Waals surface area contributed by atoms with E-state index in [-0.39, 0.29) is 19.3 Å². The number of rotatable bonds is 14. The fraction of sp³-hybridized carbons (Fsp3) is 0.647. The van der Waals surface area contributed by atoms with Crippen molar-refractivity contribution in [3.8, 4) is 0 Å². The molecule has 8 N–H and O–H groups in total. The Morgan fingerprint density at radius 1 is 0.833 bits per heavy atom. The monoisotopic (exact) mass is 432 g/mol. The summed E-state index contributed by atoms with van der Waals surface area (Å²) in [5, 5.41) is 33.1. The molecule has 0 aliphatic rings. The van der Waals surface area contributed by atoms with Crippen LogP contribution in [-0.4, -0.2) is 75.6 Å². The lowest BCUT2D eigenvalue weighted by Gasteiger charge is -2.21. The van der Waals surface area contributed by atoms with Crippen molar-refractivity contribution in [3.05, 3.63) is 0 Å². The van der Waals surface area contributed by atoms with Crippen molar-refractivity contribution >= 4 is 35.6 Å². The highest BCUT2D eigenvalue weighted by Gasteiger charge is 2.26. The maximum absolute atomic E-state index is 12.3. The number of carboxylic acids is 3. The first-order valence-electron chi connectivity index (χ1n) is 9.14. The Hall–Kier alpha value is -3.22. The molecule has 0 spiro atoms. The lowest BCUT2D eigenvalue weighted by Crippen LogP contribution is -2.54. The van der Waals surface area contributed by atoms with Crippen LogP contribution in [0.25, 0.3) is 0 Å². The van der Waals surface area contributed by atoms with E-state index >= 15 is 0 Å². The summed E-state index contributed by atoms with van der Waals surface area (Å²) < 4.78 is 0. The molecule has 3 atom stereocenters. The second kappa shape index (κ2) is 13.1. The zero-order chi connectivity index (χ0) is 23.4. The van der Waals surface area contributed by atoms with E-state index in [0.717, 1.165) is 0 Å². The number of carbonyl (C=O) groups excluding carboxylic acids is 3. The summed E-state index contributed by atoms with van der Waals surface area (Å²) in [7, 11) is 0. The van der Waals surface area contributed by atoms with E-state index in [4.69, 9.17) is 21.1 Å². The summed E-state index contributed by atoms with van der Waals surface area (Å²) in [6, 6.07) is -3.73. The third-order valence-electron chi connectivity index (χ3n) is 3.96. The number of amides is 3. The van der Waals surface area contributed by atoms with E-state index in [2.05, 4.69) is 16.0 Å². The second-order valence-corrected chi connectivity index (χ2v) is 6.88. The summed E-state index contributed by atoms with van der Waals surface area (Å²) in [5.74, 6) is -6.55. The molecule has 30 heavy (non-hydrogen) atoms. The Kier molecular flexibility index (Phi) is 11.7. The Morgan fingerprint density at radius 2 is 1.37 bits per heavy atom. The van der Waals surface area contributed by atoms with E-state index in [0.29, 0.717) is 0 Å². The average molecular weight is 432 g/mol. The van der Waals surface area contributed by atoms with Gasteiger partial charge in [0.25, 0.3) is 0 Å². The molecule has 0 bridgehead atoms. The van der Waals surface area contributed by atoms with Crippen molar-refractivity contribution in [2.75, 3.05) is 6.54 Å². The summed E-state index contributed by atoms with van der Waals surface area (Å²) in [5.41, 5.74) is 5.56. The van der Waals surface area contributed by atoms with Gasteiger partial charge in [-0.25, -0.2) is 4.79 Å². The van der Waals surface area contributed by atoms with Crippen LogP contribution in [-0.2, 0) is 28.8 Å². The van der Waals surface area contributed by atoms with Gasteiger partial charge in [-0.3, -0.25) is 24.0 Å². The van der Waals surface area contributed by atoms with Gasteiger partial charge in [0, 0.05) is 12.8 Å². The predicted molar refractivity (Wildman–Crippen MR) is 101 cm³/mol. The van der Waals surface area contributed by atoms with Gasteiger partial charge in [-0.2, -0.15) is 0 Å². The van der Waals surface area contributed by atoms with Gasteiger partial charge >= 0.3 is 17.9 Å². The van der Waals surface area contributed by atoms with Crippen LogP contribution in [0.5, 0.6) is 0 Å². The molecule has 13 nitrogen and oxygen atoms in total. The van der Waals surface area contributed by atoms with Crippen molar-refractivity contribution < 1.29 is 44.1 Å². The van der Waals surface area contributed by atoms with Gasteiger partial charge in [0.05, 0.1) is 12.6 Å². The van der Waals surface area contributed by atoms with E-state index in [9.17, 15) is 28.8 Å². The van der Waals surface area contributed by atoms with Crippen molar-refractivity contribution in [1.29, 1.82) is 0 Å². The van der Waals surface area contributed by atoms with E-state index in [1.54, 1.807) is 13.8 Å². The van der Waals surface area contributed by atoms with E-state index in [1.807, 2.05) is 0 Å². The number of carboxylic acid groups (broad SMARTS) is 3. The topological polar surface area (TPSA) is 225 Å². The molecule has 0 radical (unpaired) electrons. The summed E-state index contributed by atoms with van der Waals surface area (Å²) in [4.78, 5) is 68.7. The molecule has 3 unspecified atom stereocenters. The molecule has 0 heterocycles. The maximum atomic E-state index is 12.3. The van der Waals surface area contributed by atoms with Crippen LogP contribution in [0.3, 0.4) is 0 Å². The lowest BCUT2D eigenvalue weighted by molar-refractivity contribution is -0.143. The number of nitrogens with two attached hydrogens (primary N) is 1. The SMILES string of the molecule is CC(C)C(NC(=O)CNC(=O)C(CCC(=O)O)NC(=O)C(N)CCC(=O)O)C(=O)O. The number of hydrogen-bond donors (Lipinski definition) is 7. The van der Waals surface area contributed by atoms with Gasteiger partial charge in [-0.05, 0) is 18.8 Å². The zero-order valence-corrected chi connectivity index (χ0v) is 16.7. The molecule has 0 saturated heterocycles. The van der Waals surface area contributed by atoms with Gasteiger partial charge < -0.3 is 37.0 Å². The van der Waals surface area contributed by atoms with Crippen LogP contribution in [0.4, 0.5) is 0 Å². The molecule has 170 valence electrons. The van der Waals surface area contributed by atoms with Crippen LogP contribution in [0, 0.1) is 5.92 Å². The molecule has 0 aromatic carbocycles. The van der Waals surface area contributed by atoms with Gasteiger partial charge in [0.2, 0.25) is 17.7 Å². The summed E-state index contributed by atoms with van der Waals surface area (Å²) >= 11 is 0. The third-order valence-corrected chi connectivity index (χ3v) is 3.96. The quantitative estimate of drug-likeness (QED) is 0.158. The van der Waals surface area contributed by atoms with Crippen LogP contribution in [0.15, 0.2) is 0 Å². The smallest absolute Gasteiger partial charge is 0.326 e. The van der Waals surface area contributed by atoms with Crippen LogP contribution in [0.1, 0.15) is 39.5 Å². The standard InChI is InChI=1S/C17H28N4O9/c1-8(2)14(17(29)30)21-11(22)7-19-16(28)10(4-6-13(25)26)20-15(27)9(18)3-5-12(23)24/h8-10,14H,3-7,18H2,1-2H3,(H,19,28)(H,20,27)(H,21,22)(H,23,24)(H,25,26)(H,29,30). The summed E-state index contributed by atoms with van der Waals surface area (Å²) in [6.45, 7) is 2.57. The minimum Gasteiger partial charge on any atom is -0.481 e. The average Bonchev–Trinajstić information content (AvgIpc) is 2.64. The Morgan fingerprint density at radius 3 is 1.83 bits per heavy atom. The molecular formula is C17H28N4O9. The third kappa shape index (κ3) is 10.9. The normalized spacial score (nSPS) is 13.6. The van der Waals surface area contributed by atoms with Crippen molar-refractivity contribution in [2.24, 2.45) is 11.7 Å². The van der Waals surface area contributed by atoms with Gasteiger partial charge in [0.1, 0.15) is 12.1 Å². The van der Waals surface area contributed by atoms with Crippen LogP contribution >= 0.6 is 0 Å². The first kappa shape index (κ1) is 26.8. The number of carbonyl (C=O) groups is 6. The molecule has 0 aromatic heterocycles. The highest BCUT2D eigenvalue weighted by atomic mass is 16.4. The van der Waals surface area contributed by atoms with Crippen LogP contribution < -0.4 is 21.7 Å². The number of hydrogen-bond acceptors (Lipinski definition) is 7. The summed E-state index contributed by atoms with van der Waals surface area (Å²) in [6.07, 6.45) is -1.34. The molecule has 0 rings (SSSR count). The first-order chi connectivity index (χ1) is 13.8. The van der Waals surface area contributed by atoms with E-state index in [1.165, 1.54) is 0 Å². The molecule has 0 aliphatic heterocycles. The fourth-order valence-electron chi connectivity index (χ4n) is 2.25. The predicted octanol–water partition coefficient (Wildman–Crippen LogP) is -2.13. The van der Waals surface area contributed by atoms with Crippen molar-refractivity contribution in [3.63, 3.8) is 0 Å². The van der Waals surface area contributed by atoms with Gasteiger partial charge in [0.15, 0.2) is 0 Å². The molecule has 3 amide bonds. The molecule has 0 aromatic rings. The van der Waals surface area contributed by atoms with Crippen molar-refractivity contribution in [2.45, 2.75) is 57.7 Å². The molecule has 0 aliphatic carbocycles. The fourth-order valence-corrected chi connectivity index (χ4v) is 2.25. The largest absolute Gasteiger partial charge is 0.481 e. The van der Waals surface area contributed by atoms with Gasteiger partial charge in [-0.15, -0.1) is 0 Å². The molecule has 0 fully saturated rings. The van der Waals surface area contributed by atoms with Gasteiger partial charge in [-0.1, -0.05) is 13.8 Å². The Balaban J connectivity index is 4.91.